The first kappa shape index (κ1) is 16.7. The van der Waals surface area contributed by atoms with Gasteiger partial charge in [-0.15, -0.1) is 6.58 Å². The number of anilines is 1. The molecule has 23 heavy (non-hydrogen) atoms. The van der Waals surface area contributed by atoms with Crippen LogP contribution in [-0.4, -0.2) is 19.9 Å². The Balaban J connectivity index is 2.53. The van der Waals surface area contributed by atoms with Crippen LogP contribution in [0.3, 0.4) is 0 Å². The molecule has 0 aliphatic carbocycles. The van der Waals surface area contributed by atoms with Gasteiger partial charge >= 0.3 is 0 Å². The molecule has 0 aromatic heterocycles. The summed E-state index contributed by atoms with van der Waals surface area (Å²) in [6, 6.07) is 11.9. The van der Waals surface area contributed by atoms with E-state index in [2.05, 4.69) is 6.58 Å². The van der Waals surface area contributed by atoms with Crippen molar-refractivity contribution < 1.29 is 13.3 Å². The summed E-state index contributed by atoms with van der Waals surface area (Å²) < 4.78 is 26.7. The maximum Gasteiger partial charge on any atom is 0.271 e. The third-order valence-corrected chi connectivity index (χ3v) is 5.04. The van der Waals surface area contributed by atoms with E-state index in [0.29, 0.717) is 0 Å². The van der Waals surface area contributed by atoms with Gasteiger partial charge in [0.25, 0.3) is 15.7 Å². The lowest BCUT2D eigenvalue weighted by Gasteiger charge is -2.23. The zero-order valence-corrected chi connectivity index (χ0v) is 13.4. The van der Waals surface area contributed by atoms with Crippen LogP contribution in [0.25, 0.3) is 0 Å². The van der Waals surface area contributed by atoms with Crippen molar-refractivity contribution >= 4 is 21.4 Å². The van der Waals surface area contributed by atoms with Gasteiger partial charge < -0.3 is 0 Å². The maximum atomic E-state index is 12.8. The minimum atomic E-state index is -3.84. The molecule has 0 bridgehead atoms. The molecule has 0 atom stereocenters. The normalized spacial score (nSPS) is 11.0. The van der Waals surface area contributed by atoms with Crippen molar-refractivity contribution in [2.75, 3.05) is 10.8 Å². The lowest BCUT2D eigenvalue weighted by Crippen LogP contribution is -2.31. The van der Waals surface area contributed by atoms with Crippen molar-refractivity contribution in [3.63, 3.8) is 0 Å². The summed E-state index contributed by atoms with van der Waals surface area (Å²) in [4.78, 5) is 10.5. The van der Waals surface area contributed by atoms with Crippen molar-refractivity contribution in [2.45, 2.75) is 11.8 Å². The van der Waals surface area contributed by atoms with Crippen molar-refractivity contribution in [1.82, 2.24) is 0 Å². The molecule has 0 heterocycles. The summed E-state index contributed by atoms with van der Waals surface area (Å²) in [6.45, 7) is 5.44. The zero-order chi connectivity index (χ0) is 17.0. The van der Waals surface area contributed by atoms with Crippen LogP contribution in [0.2, 0.25) is 0 Å². The van der Waals surface area contributed by atoms with Gasteiger partial charge in [0.1, 0.15) is 0 Å². The molecule has 0 amide bonds. The second-order valence-electron chi connectivity index (χ2n) is 4.91. The molecule has 120 valence electrons. The van der Waals surface area contributed by atoms with Gasteiger partial charge in [-0.3, -0.25) is 14.4 Å². The molecule has 0 saturated heterocycles. The summed E-state index contributed by atoms with van der Waals surface area (Å²) in [6.07, 6.45) is 1.44. The fraction of sp³-hybridized carbons (Fsp3) is 0.125. The highest BCUT2D eigenvalue weighted by Gasteiger charge is 2.25. The number of nitro benzene ring substituents is 1. The fourth-order valence-corrected chi connectivity index (χ4v) is 3.49. The van der Waals surface area contributed by atoms with Crippen molar-refractivity contribution in [1.29, 1.82) is 0 Å². The lowest BCUT2D eigenvalue weighted by molar-refractivity contribution is -0.384. The first-order valence-electron chi connectivity index (χ1n) is 6.81. The Morgan fingerprint density at radius 3 is 2.43 bits per heavy atom. The Morgan fingerprint density at radius 2 is 1.87 bits per heavy atom. The number of nitrogens with zero attached hydrogens (tertiary/aromatic N) is 2. The monoisotopic (exact) mass is 332 g/mol. The highest BCUT2D eigenvalue weighted by Crippen LogP contribution is 2.27. The number of nitro groups is 1. The van der Waals surface area contributed by atoms with Gasteiger partial charge in [0.15, 0.2) is 0 Å². The van der Waals surface area contributed by atoms with Crippen LogP contribution in [0, 0.1) is 17.0 Å². The number of sulfonamides is 1. The number of aryl methyl sites for hydroxylation is 1. The fourth-order valence-electron chi connectivity index (χ4n) is 2.06. The first-order chi connectivity index (χ1) is 10.9. The topological polar surface area (TPSA) is 80.5 Å². The van der Waals surface area contributed by atoms with Gasteiger partial charge in [-0.1, -0.05) is 29.8 Å². The van der Waals surface area contributed by atoms with Crippen LogP contribution in [0.5, 0.6) is 0 Å². The minimum Gasteiger partial charge on any atom is -0.262 e. The molecule has 0 saturated carbocycles. The predicted octanol–water partition coefficient (Wildman–Crippen LogP) is 3.28. The summed E-state index contributed by atoms with van der Waals surface area (Å²) in [7, 11) is -3.84. The Labute approximate surface area is 134 Å². The number of non-ortho nitro benzene ring substituents is 1. The molecule has 0 aliphatic rings. The van der Waals surface area contributed by atoms with Crippen LogP contribution in [0.15, 0.2) is 66.1 Å². The molecule has 0 fully saturated rings. The van der Waals surface area contributed by atoms with Gasteiger partial charge in [0.05, 0.1) is 22.1 Å². The second kappa shape index (κ2) is 6.62. The molecule has 2 rings (SSSR count). The van der Waals surface area contributed by atoms with Gasteiger partial charge in [-0.25, -0.2) is 8.42 Å². The molecular formula is C16H16N2O4S. The second-order valence-corrected chi connectivity index (χ2v) is 6.78. The summed E-state index contributed by atoms with van der Waals surface area (Å²) in [5, 5.41) is 10.9. The van der Waals surface area contributed by atoms with Crippen LogP contribution in [0.1, 0.15) is 5.56 Å². The zero-order valence-electron chi connectivity index (χ0n) is 12.5. The summed E-state index contributed by atoms with van der Waals surface area (Å²) in [5.74, 6) is 0. The highest BCUT2D eigenvalue weighted by molar-refractivity contribution is 7.92. The van der Waals surface area contributed by atoms with E-state index in [1.54, 1.807) is 12.1 Å². The predicted molar refractivity (Wildman–Crippen MR) is 89.0 cm³/mol. The van der Waals surface area contributed by atoms with E-state index >= 15 is 0 Å². The molecule has 0 unspecified atom stereocenters. The minimum absolute atomic E-state index is 0.0113. The molecule has 0 spiro atoms. The van der Waals surface area contributed by atoms with Crippen LogP contribution < -0.4 is 4.31 Å². The summed E-state index contributed by atoms with van der Waals surface area (Å²) >= 11 is 0. The van der Waals surface area contributed by atoms with E-state index in [1.807, 2.05) is 6.92 Å². The van der Waals surface area contributed by atoms with Gasteiger partial charge in [0, 0.05) is 12.1 Å². The number of hydrogen-bond acceptors (Lipinski definition) is 4. The Morgan fingerprint density at radius 1 is 1.22 bits per heavy atom. The molecule has 0 aliphatic heterocycles. The number of rotatable bonds is 6. The third-order valence-electron chi connectivity index (χ3n) is 3.23. The third kappa shape index (κ3) is 3.57. The van der Waals surface area contributed by atoms with Gasteiger partial charge in [-0.2, -0.15) is 0 Å². The molecule has 2 aromatic rings. The quantitative estimate of drug-likeness (QED) is 0.462. The highest BCUT2D eigenvalue weighted by atomic mass is 32.2. The Hall–Kier alpha value is -2.67. The average molecular weight is 332 g/mol. The molecule has 0 radical (unpaired) electrons. The van der Waals surface area contributed by atoms with E-state index in [-0.39, 0.29) is 22.8 Å². The summed E-state index contributed by atoms with van der Waals surface area (Å²) in [5.41, 5.74) is 0.991. The largest absolute Gasteiger partial charge is 0.271 e. The lowest BCUT2D eigenvalue weighted by atomic mass is 10.2. The number of benzene rings is 2. The SMILES string of the molecule is C=CCN(c1cccc([N+](=O)[O-])c1)S(=O)(=O)c1ccc(C)cc1. The average Bonchev–Trinajstić information content (AvgIpc) is 2.53. The number of hydrogen-bond donors (Lipinski definition) is 0. The van der Waals surface area contributed by atoms with Crippen molar-refractivity contribution in [3.8, 4) is 0 Å². The molecule has 0 N–H and O–H groups in total. The van der Waals surface area contributed by atoms with E-state index in [1.165, 1.54) is 42.5 Å². The Bertz CT molecular complexity index is 829. The molecule has 7 heteroatoms. The molecule has 6 nitrogen and oxygen atoms in total. The molecule has 2 aromatic carbocycles. The maximum absolute atomic E-state index is 12.8. The molecular weight excluding hydrogens is 316 g/mol. The first-order valence-corrected chi connectivity index (χ1v) is 8.25. The van der Waals surface area contributed by atoms with E-state index in [4.69, 9.17) is 0 Å². The van der Waals surface area contributed by atoms with Crippen LogP contribution >= 0.6 is 0 Å². The smallest absolute Gasteiger partial charge is 0.262 e. The van der Waals surface area contributed by atoms with E-state index in [9.17, 15) is 18.5 Å². The van der Waals surface area contributed by atoms with Crippen LogP contribution in [0.4, 0.5) is 11.4 Å². The van der Waals surface area contributed by atoms with Crippen molar-refractivity contribution in [2.24, 2.45) is 0 Å². The van der Waals surface area contributed by atoms with Gasteiger partial charge in [-0.05, 0) is 25.1 Å². The Kier molecular flexibility index (Phi) is 4.80. The van der Waals surface area contributed by atoms with E-state index in [0.717, 1.165) is 9.87 Å². The van der Waals surface area contributed by atoms with Gasteiger partial charge in [0.2, 0.25) is 0 Å². The van der Waals surface area contributed by atoms with Crippen molar-refractivity contribution in [3.05, 3.63) is 76.9 Å². The standard InChI is InChI=1S/C16H16N2O4S/c1-3-11-17(14-5-4-6-15(12-14)18(19)20)23(21,22)16-9-7-13(2)8-10-16/h3-10,12H,1,11H2,2H3. The van der Waals surface area contributed by atoms with E-state index < -0.39 is 14.9 Å². The van der Waals surface area contributed by atoms with Crippen LogP contribution in [-0.2, 0) is 10.0 Å².